The third kappa shape index (κ3) is 2.65. The van der Waals surface area contributed by atoms with Gasteiger partial charge in [-0.3, -0.25) is 0 Å². The van der Waals surface area contributed by atoms with Crippen LogP contribution in [0.2, 0.25) is 0 Å². The molecule has 1 atom stereocenters. The number of hydrogen-bond donors (Lipinski definition) is 3. The highest BCUT2D eigenvalue weighted by atomic mass is 16.3. The van der Waals surface area contributed by atoms with E-state index in [-0.39, 0.29) is 11.5 Å². The number of phenols is 2. The Morgan fingerprint density at radius 2 is 1.62 bits per heavy atom. The second-order valence-electron chi connectivity index (χ2n) is 4.31. The Balaban J connectivity index is 2.04. The molecule has 1 saturated heterocycles. The molecule has 1 heterocycles. The van der Waals surface area contributed by atoms with Crippen LogP contribution in [0.25, 0.3) is 0 Å². The van der Waals surface area contributed by atoms with Crippen molar-refractivity contribution in [3.63, 3.8) is 0 Å². The average molecular weight is 223 g/mol. The average Bonchev–Trinajstić information content (AvgIpc) is 2.68. The molecule has 1 aliphatic rings. The molecule has 3 N–H and O–H groups in total. The Morgan fingerprint density at radius 3 is 2.19 bits per heavy atom. The second-order valence-corrected chi connectivity index (χ2v) is 4.31. The molecule has 1 fully saturated rings. The molecule has 0 amide bonds. The zero-order valence-electron chi connectivity index (χ0n) is 9.13. The maximum absolute atomic E-state index is 9.97. The van der Waals surface area contributed by atoms with E-state index in [0.717, 1.165) is 13.1 Å². The molecule has 2 rings (SSSR count). The van der Waals surface area contributed by atoms with Crippen LogP contribution in [0.15, 0.2) is 18.2 Å². The number of β-amino-alcohol motifs (C(OH)–C–C–N with tert-alkyl or cyclic N) is 1. The van der Waals surface area contributed by atoms with Crippen LogP contribution in [0, 0.1) is 0 Å². The summed E-state index contributed by atoms with van der Waals surface area (Å²) in [5.41, 5.74) is 0.560. The second kappa shape index (κ2) is 4.72. The lowest BCUT2D eigenvalue weighted by molar-refractivity contribution is 0.125. The Hall–Kier alpha value is -1.26. The van der Waals surface area contributed by atoms with Gasteiger partial charge in [-0.25, -0.2) is 0 Å². The summed E-state index contributed by atoms with van der Waals surface area (Å²) in [7, 11) is 0. The predicted octanol–water partition coefficient (Wildman–Crippen LogP) is 1.23. The lowest BCUT2D eigenvalue weighted by Gasteiger charge is -2.19. The fourth-order valence-electron chi connectivity index (χ4n) is 2.13. The van der Waals surface area contributed by atoms with Gasteiger partial charge in [0.05, 0.1) is 6.10 Å². The van der Waals surface area contributed by atoms with Crippen molar-refractivity contribution in [3.8, 4) is 11.5 Å². The summed E-state index contributed by atoms with van der Waals surface area (Å²) in [6.45, 7) is 2.59. The van der Waals surface area contributed by atoms with E-state index in [1.165, 1.54) is 31.0 Å². The fourth-order valence-corrected chi connectivity index (χ4v) is 2.13. The Bertz CT molecular complexity index is 341. The van der Waals surface area contributed by atoms with Gasteiger partial charge in [-0.15, -0.1) is 0 Å². The molecule has 0 aliphatic carbocycles. The van der Waals surface area contributed by atoms with E-state index in [1.807, 2.05) is 0 Å². The summed E-state index contributed by atoms with van der Waals surface area (Å²) in [5, 5.41) is 28.6. The van der Waals surface area contributed by atoms with Gasteiger partial charge in [0, 0.05) is 12.6 Å². The number of aromatic hydroxyl groups is 2. The van der Waals surface area contributed by atoms with E-state index < -0.39 is 6.10 Å². The normalized spacial score (nSPS) is 18.8. The molecule has 1 aromatic rings. The molecule has 0 aromatic heterocycles. The first kappa shape index (κ1) is 11.2. The van der Waals surface area contributed by atoms with Gasteiger partial charge in [-0.1, -0.05) is 0 Å². The van der Waals surface area contributed by atoms with Crippen LogP contribution in [0.5, 0.6) is 11.5 Å². The van der Waals surface area contributed by atoms with Crippen LogP contribution in [0.4, 0.5) is 0 Å². The third-order valence-corrected chi connectivity index (χ3v) is 2.94. The summed E-state index contributed by atoms with van der Waals surface area (Å²) in [4.78, 5) is 2.19. The molecule has 88 valence electrons. The van der Waals surface area contributed by atoms with E-state index >= 15 is 0 Å². The van der Waals surface area contributed by atoms with Crippen LogP contribution in [-0.4, -0.2) is 39.9 Å². The standard InChI is InChI=1S/C12H17NO3/c14-10-5-9(6-11(15)7-10)12(16)8-13-3-1-2-4-13/h5-7,12,14-16H,1-4,8H2. The van der Waals surface area contributed by atoms with Crippen LogP contribution < -0.4 is 0 Å². The van der Waals surface area contributed by atoms with Crippen LogP contribution in [0.3, 0.4) is 0 Å². The number of aliphatic hydroxyl groups is 1. The first-order valence-electron chi connectivity index (χ1n) is 5.58. The first-order chi connectivity index (χ1) is 7.65. The van der Waals surface area contributed by atoms with Crippen LogP contribution >= 0.6 is 0 Å². The summed E-state index contributed by atoms with van der Waals surface area (Å²) in [5.74, 6) is -0.0362. The maximum atomic E-state index is 9.97. The molecule has 0 spiro atoms. The molecule has 16 heavy (non-hydrogen) atoms. The number of phenolic OH excluding ortho intramolecular Hbond substituents is 2. The number of nitrogens with zero attached hydrogens (tertiary/aromatic N) is 1. The van der Waals surface area contributed by atoms with Crippen molar-refractivity contribution in [1.82, 2.24) is 4.90 Å². The lowest BCUT2D eigenvalue weighted by Crippen LogP contribution is -2.25. The van der Waals surface area contributed by atoms with Gasteiger partial charge in [-0.2, -0.15) is 0 Å². The molecule has 4 heteroatoms. The topological polar surface area (TPSA) is 63.9 Å². The summed E-state index contributed by atoms with van der Waals surface area (Å²) >= 11 is 0. The largest absolute Gasteiger partial charge is 0.508 e. The van der Waals surface area contributed by atoms with E-state index in [9.17, 15) is 15.3 Å². The molecular formula is C12H17NO3. The van der Waals surface area contributed by atoms with Gasteiger partial charge in [-0.05, 0) is 43.6 Å². The smallest absolute Gasteiger partial charge is 0.119 e. The van der Waals surface area contributed by atoms with E-state index in [1.54, 1.807) is 0 Å². The SMILES string of the molecule is Oc1cc(O)cc(C(O)CN2CCCC2)c1. The molecule has 0 saturated carbocycles. The number of rotatable bonds is 3. The van der Waals surface area contributed by atoms with Gasteiger partial charge in [0.25, 0.3) is 0 Å². The number of aliphatic hydroxyl groups excluding tert-OH is 1. The van der Waals surface area contributed by atoms with Crippen molar-refractivity contribution >= 4 is 0 Å². The summed E-state index contributed by atoms with van der Waals surface area (Å²) < 4.78 is 0. The van der Waals surface area contributed by atoms with Crippen LogP contribution in [0.1, 0.15) is 24.5 Å². The zero-order chi connectivity index (χ0) is 11.5. The molecule has 1 aromatic carbocycles. The summed E-state index contributed by atoms with van der Waals surface area (Å²) in [6.07, 6.45) is 1.70. The van der Waals surface area contributed by atoms with Gasteiger partial charge >= 0.3 is 0 Å². The van der Waals surface area contributed by atoms with E-state index in [0.29, 0.717) is 12.1 Å². The minimum Gasteiger partial charge on any atom is -0.508 e. The van der Waals surface area contributed by atoms with Crippen LogP contribution in [-0.2, 0) is 0 Å². The predicted molar refractivity (Wildman–Crippen MR) is 60.4 cm³/mol. The Labute approximate surface area is 94.8 Å². The minimum absolute atomic E-state index is 0.0181. The summed E-state index contributed by atoms with van der Waals surface area (Å²) in [6, 6.07) is 4.23. The fraction of sp³-hybridized carbons (Fsp3) is 0.500. The highest BCUT2D eigenvalue weighted by Gasteiger charge is 2.17. The quantitative estimate of drug-likeness (QED) is 0.721. The molecule has 1 aliphatic heterocycles. The van der Waals surface area contributed by atoms with Crippen molar-refractivity contribution in [2.24, 2.45) is 0 Å². The van der Waals surface area contributed by atoms with Crippen molar-refractivity contribution in [3.05, 3.63) is 23.8 Å². The lowest BCUT2D eigenvalue weighted by atomic mass is 10.1. The minimum atomic E-state index is -0.656. The van der Waals surface area contributed by atoms with E-state index in [4.69, 9.17) is 0 Å². The Kier molecular flexibility index (Phi) is 3.31. The number of likely N-dealkylation sites (tertiary alicyclic amines) is 1. The molecule has 0 bridgehead atoms. The van der Waals surface area contributed by atoms with Crippen molar-refractivity contribution in [2.75, 3.05) is 19.6 Å². The molecule has 1 unspecified atom stereocenters. The van der Waals surface area contributed by atoms with Gasteiger partial charge in [0.15, 0.2) is 0 Å². The molecule has 0 radical (unpaired) electrons. The molecular weight excluding hydrogens is 206 g/mol. The maximum Gasteiger partial charge on any atom is 0.119 e. The van der Waals surface area contributed by atoms with Gasteiger partial charge < -0.3 is 20.2 Å². The third-order valence-electron chi connectivity index (χ3n) is 2.94. The number of hydrogen-bond acceptors (Lipinski definition) is 4. The monoisotopic (exact) mass is 223 g/mol. The van der Waals surface area contributed by atoms with E-state index in [2.05, 4.69) is 4.90 Å². The highest BCUT2D eigenvalue weighted by Crippen LogP contribution is 2.26. The first-order valence-corrected chi connectivity index (χ1v) is 5.58. The van der Waals surface area contributed by atoms with Gasteiger partial charge in [0.1, 0.15) is 11.5 Å². The van der Waals surface area contributed by atoms with Crippen molar-refractivity contribution < 1.29 is 15.3 Å². The van der Waals surface area contributed by atoms with Crippen molar-refractivity contribution in [1.29, 1.82) is 0 Å². The zero-order valence-corrected chi connectivity index (χ0v) is 9.13. The highest BCUT2D eigenvalue weighted by molar-refractivity contribution is 5.37. The molecule has 4 nitrogen and oxygen atoms in total. The van der Waals surface area contributed by atoms with Gasteiger partial charge in [0.2, 0.25) is 0 Å². The Morgan fingerprint density at radius 1 is 1.06 bits per heavy atom. The number of benzene rings is 1. The van der Waals surface area contributed by atoms with Crippen molar-refractivity contribution in [2.45, 2.75) is 18.9 Å².